The van der Waals surface area contributed by atoms with E-state index in [9.17, 15) is 4.79 Å². The van der Waals surface area contributed by atoms with Crippen LogP contribution in [0.15, 0.2) is 73.4 Å². The minimum Gasteiger partial charge on any atom is -0.490 e. The van der Waals surface area contributed by atoms with Crippen LogP contribution in [0.1, 0.15) is 21.5 Å². The predicted octanol–water partition coefficient (Wildman–Crippen LogP) is 4.36. The standard InChI is InChI=1S/C25H24N2O3/c1-3-12-29-21-8-4-7-19(14-21)25(28)27-16-22-15-20-13-18(9-10-23(20)30-22)24-17(2)6-5-11-26-24/h3-11,13-14,22H,1,12,15-16H2,2H3,(H,27,28)/t22-/m0/s1. The van der Waals surface area contributed by atoms with Crippen molar-refractivity contribution in [3.05, 3.63) is 90.1 Å². The third-order valence-corrected chi connectivity index (χ3v) is 5.04. The number of pyridine rings is 1. The van der Waals surface area contributed by atoms with Gasteiger partial charge in [0.15, 0.2) is 0 Å². The Hall–Kier alpha value is -3.60. The molecule has 1 aliphatic heterocycles. The molecule has 1 N–H and O–H groups in total. The SMILES string of the molecule is C=CCOc1cccc(C(=O)NC[C@@H]2Cc3cc(-c4ncccc4C)ccc3O2)c1. The minimum atomic E-state index is -0.150. The molecular weight excluding hydrogens is 376 g/mol. The Morgan fingerprint density at radius 3 is 3.00 bits per heavy atom. The molecule has 2 aromatic carbocycles. The number of fused-ring (bicyclic) bond motifs is 1. The number of carbonyl (C=O) groups is 1. The zero-order valence-electron chi connectivity index (χ0n) is 16.9. The first-order valence-corrected chi connectivity index (χ1v) is 9.97. The van der Waals surface area contributed by atoms with E-state index in [-0.39, 0.29) is 12.0 Å². The smallest absolute Gasteiger partial charge is 0.251 e. The molecule has 5 nitrogen and oxygen atoms in total. The van der Waals surface area contributed by atoms with E-state index in [1.165, 1.54) is 0 Å². The Morgan fingerprint density at radius 1 is 1.27 bits per heavy atom. The number of nitrogens with zero attached hydrogens (tertiary/aromatic N) is 1. The van der Waals surface area contributed by atoms with Gasteiger partial charge in [0.1, 0.15) is 24.2 Å². The quantitative estimate of drug-likeness (QED) is 0.599. The lowest BCUT2D eigenvalue weighted by molar-refractivity contribution is 0.0933. The van der Waals surface area contributed by atoms with Crippen LogP contribution in [0.25, 0.3) is 11.3 Å². The van der Waals surface area contributed by atoms with Crippen LogP contribution in [0.2, 0.25) is 0 Å². The highest BCUT2D eigenvalue weighted by Gasteiger charge is 2.24. The molecule has 4 rings (SSSR count). The van der Waals surface area contributed by atoms with Crippen molar-refractivity contribution in [2.45, 2.75) is 19.4 Å². The first-order chi connectivity index (χ1) is 14.6. The van der Waals surface area contributed by atoms with Gasteiger partial charge in [0.2, 0.25) is 0 Å². The fourth-order valence-electron chi connectivity index (χ4n) is 3.56. The number of amides is 1. The maximum absolute atomic E-state index is 12.5. The van der Waals surface area contributed by atoms with E-state index in [0.717, 1.165) is 34.6 Å². The Balaban J connectivity index is 1.38. The molecule has 1 aliphatic rings. The molecule has 0 aliphatic carbocycles. The van der Waals surface area contributed by atoms with E-state index in [2.05, 4.69) is 35.9 Å². The summed E-state index contributed by atoms with van der Waals surface area (Å²) in [7, 11) is 0. The number of hydrogen-bond acceptors (Lipinski definition) is 4. The van der Waals surface area contributed by atoms with E-state index in [1.54, 1.807) is 24.3 Å². The van der Waals surface area contributed by atoms with Crippen LogP contribution in [-0.2, 0) is 6.42 Å². The van der Waals surface area contributed by atoms with Crippen LogP contribution < -0.4 is 14.8 Å². The number of ether oxygens (including phenoxy) is 2. The highest BCUT2D eigenvalue weighted by Crippen LogP contribution is 2.33. The molecule has 30 heavy (non-hydrogen) atoms. The average molecular weight is 400 g/mol. The van der Waals surface area contributed by atoms with Crippen LogP contribution in [0.5, 0.6) is 11.5 Å². The van der Waals surface area contributed by atoms with Gasteiger partial charge in [-0.05, 0) is 60.5 Å². The Bertz CT molecular complexity index is 1080. The number of hydrogen-bond donors (Lipinski definition) is 1. The lowest BCUT2D eigenvalue weighted by Crippen LogP contribution is -2.34. The van der Waals surface area contributed by atoms with Gasteiger partial charge < -0.3 is 14.8 Å². The molecule has 2 heterocycles. The van der Waals surface area contributed by atoms with Gasteiger partial charge in [0, 0.05) is 23.7 Å². The molecule has 0 unspecified atom stereocenters. The van der Waals surface area contributed by atoms with Gasteiger partial charge in [-0.2, -0.15) is 0 Å². The van der Waals surface area contributed by atoms with Crippen LogP contribution in [0.4, 0.5) is 0 Å². The van der Waals surface area contributed by atoms with Crippen LogP contribution >= 0.6 is 0 Å². The summed E-state index contributed by atoms with van der Waals surface area (Å²) in [6.45, 7) is 6.52. The topological polar surface area (TPSA) is 60.5 Å². The Labute approximate surface area is 176 Å². The molecular formula is C25H24N2O3. The number of nitrogens with one attached hydrogen (secondary N) is 1. The second-order valence-electron chi connectivity index (χ2n) is 7.27. The second kappa shape index (κ2) is 8.82. The zero-order valence-corrected chi connectivity index (χ0v) is 16.9. The molecule has 0 spiro atoms. The Morgan fingerprint density at radius 2 is 2.17 bits per heavy atom. The highest BCUT2D eigenvalue weighted by molar-refractivity contribution is 5.94. The maximum Gasteiger partial charge on any atom is 0.251 e. The average Bonchev–Trinajstić information content (AvgIpc) is 3.18. The monoisotopic (exact) mass is 400 g/mol. The summed E-state index contributed by atoms with van der Waals surface area (Å²) in [5.41, 5.74) is 4.89. The molecule has 0 radical (unpaired) electrons. The van der Waals surface area contributed by atoms with E-state index in [0.29, 0.717) is 24.5 Å². The third-order valence-electron chi connectivity index (χ3n) is 5.04. The molecule has 0 saturated carbocycles. The van der Waals surface area contributed by atoms with E-state index < -0.39 is 0 Å². The lowest BCUT2D eigenvalue weighted by atomic mass is 10.0. The van der Waals surface area contributed by atoms with Crippen molar-refractivity contribution in [2.75, 3.05) is 13.2 Å². The molecule has 1 atom stereocenters. The van der Waals surface area contributed by atoms with Crippen LogP contribution in [-0.4, -0.2) is 30.1 Å². The number of aryl methyl sites for hydroxylation is 1. The first-order valence-electron chi connectivity index (χ1n) is 9.97. The maximum atomic E-state index is 12.5. The fourth-order valence-corrected chi connectivity index (χ4v) is 3.56. The molecule has 1 aromatic heterocycles. The normalized spacial score (nSPS) is 14.5. The fraction of sp³-hybridized carbons (Fsp3) is 0.200. The van der Waals surface area contributed by atoms with Crippen LogP contribution in [0, 0.1) is 6.92 Å². The van der Waals surface area contributed by atoms with Crippen molar-refractivity contribution in [3.63, 3.8) is 0 Å². The summed E-state index contributed by atoms with van der Waals surface area (Å²) in [6.07, 6.45) is 4.13. The van der Waals surface area contributed by atoms with Crippen molar-refractivity contribution in [1.82, 2.24) is 10.3 Å². The number of benzene rings is 2. The zero-order chi connectivity index (χ0) is 20.9. The van der Waals surface area contributed by atoms with Crippen molar-refractivity contribution in [1.29, 1.82) is 0 Å². The molecule has 1 amide bonds. The molecule has 0 bridgehead atoms. The number of rotatable bonds is 7. The van der Waals surface area contributed by atoms with Crippen LogP contribution in [0.3, 0.4) is 0 Å². The molecule has 0 saturated heterocycles. The second-order valence-corrected chi connectivity index (χ2v) is 7.27. The molecule has 152 valence electrons. The van der Waals surface area contributed by atoms with Crippen molar-refractivity contribution < 1.29 is 14.3 Å². The minimum absolute atomic E-state index is 0.0933. The predicted molar refractivity (Wildman–Crippen MR) is 117 cm³/mol. The molecule has 3 aromatic rings. The van der Waals surface area contributed by atoms with E-state index in [1.807, 2.05) is 30.5 Å². The summed E-state index contributed by atoms with van der Waals surface area (Å²) < 4.78 is 11.5. The van der Waals surface area contributed by atoms with Gasteiger partial charge in [-0.3, -0.25) is 9.78 Å². The van der Waals surface area contributed by atoms with E-state index in [4.69, 9.17) is 9.47 Å². The first kappa shape index (κ1) is 19.7. The summed E-state index contributed by atoms with van der Waals surface area (Å²) in [5, 5.41) is 2.96. The van der Waals surface area contributed by atoms with Gasteiger partial charge in [-0.25, -0.2) is 0 Å². The van der Waals surface area contributed by atoms with E-state index >= 15 is 0 Å². The van der Waals surface area contributed by atoms with Crippen molar-refractivity contribution in [3.8, 4) is 22.8 Å². The van der Waals surface area contributed by atoms with Gasteiger partial charge >= 0.3 is 0 Å². The largest absolute Gasteiger partial charge is 0.490 e. The third kappa shape index (κ3) is 4.35. The lowest BCUT2D eigenvalue weighted by Gasteiger charge is -2.12. The van der Waals surface area contributed by atoms with Crippen molar-refractivity contribution >= 4 is 5.91 Å². The summed E-state index contributed by atoms with van der Waals surface area (Å²) in [6, 6.07) is 17.3. The number of aromatic nitrogens is 1. The summed E-state index contributed by atoms with van der Waals surface area (Å²) >= 11 is 0. The van der Waals surface area contributed by atoms with Gasteiger partial charge in [0.05, 0.1) is 12.2 Å². The molecule has 0 fully saturated rings. The van der Waals surface area contributed by atoms with Crippen molar-refractivity contribution in [2.24, 2.45) is 0 Å². The highest BCUT2D eigenvalue weighted by atomic mass is 16.5. The summed E-state index contributed by atoms with van der Waals surface area (Å²) in [5.74, 6) is 1.36. The van der Waals surface area contributed by atoms with Gasteiger partial charge in [-0.15, -0.1) is 0 Å². The van der Waals surface area contributed by atoms with Gasteiger partial charge in [0.25, 0.3) is 5.91 Å². The van der Waals surface area contributed by atoms with Gasteiger partial charge in [-0.1, -0.05) is 24.8 Å². The molecule has 5 heteroatoms. The Kier molecular flexibility index (Phi) is 5.80. The summed E-state index contributed by atoms with van der Waals surface area (Å²) in [4.78, 5) is 17.0. The number of carbonyl (C=O) groups excluding carboxylic acids is 1.